The van der Waals surface area contributed by atoms with E-state index in [4.69, 9.17) is 4.74 Å². The molecule has 0 saturated carbocycles. The molecule has 0 amide bonds. The van der Waals surface area contributed by atoms with Crippen LogP contribution in [-0.4, -0.2) is 29.2 Å². The topological polar surface area (TPSA) is 101 Å². The van der Waals surface area contributed by atoms with Gasteiger partial charge in [-0.05, 0) is 30.7 Å². The number of aryl methyl sites for hydroxylation is 1. The van der Waals surface area contributed by atoms with Crippen LogP contribution in [0.4, 0.5) is 10.1 Å². The van der Waals surface area contributed by atoms with Crippen molar-refractivity contribution in [3.63, 3.8) is 0 Å². The Bertz CT molecular complexity index is 832. The van der Waals surface area contributed by atoms with E-state index in [1.165, 1.54) is 24.3 Å². The molecule has 0 bridgehead atoms. The lowest BCUT2D eigenvalue weighted by Gasteiger charge is -2.09. The predicted molar refractivity (Wildman–Crippen MR) is 85.2 cm³/mol. The normalized spacial score (nSPS) is 10.3. The van der Waals surface area contributed by atoms with Crippen molar-refractivity contribution in [2.45, 2.75) is 13.0 Å². The van der Waals surface area contributed by atoms with E-state index in [0.717, 1.165) is 23.9 Å². The Morgan fingerprint density at radius 1 is 1.32 bits per heavy atom. The van der Waals surface area contributed by atoms with Crippen LogP contribution in [-0.2, 0) is 11.3 Å². The van der Waals surface area contributed by atoms with Gasteiger partial charge in [0.05, 0.1) is 24.8 Å². The quantitative estimate of drug-likeness (QED) is 0.328. The number of carbonyl (C=O) groups excluding carboxylic acids is 1. The summed E-state index contributed by atoms with van der Waals surface area (Å²) < 4.78 is 23.7. The minimum atomic E-state index is -0.940. The zero-order chi connectivity index (χ0) is 18.4. The number of methoxy groups -OCH3 is 1. The van der Waals surface area contributed by atoms with Gasteiger partial charge in [-0.25, -0.2) is 9.18 Å². The molecule has 2 rings (SSSR count). The highest BCUT2D eigenvalue weighted by atomic mass is 19.1. The van der Waals surface area contributed by atoms with Crippen LogP contribution in [0.5, 0.6) is 5.75 Å². The van der Waals surface area contributed by atoms with Crippen molar-refractivity contribution in [2.24, 2.45) is 0 Å². The molecule has 0 saturated heterocycles. The highest BCUT2D eigenvalue weighted by molar-refractivity contribution is 5.89. The van der Waals surface area contributed by atoms with E-state index in [1.807, 2.05) is 0 Å². The van der Waals surface area contributed by atoms with Gasteiger partial charge in [0.2, 0.25) is 0 Å². The van der Waals surface area contributed by atoms with Crippen molar-refractivity contribution in [1.29, 1.82) is 0 Å². The van der Waals surface area contributed by atoms with Crippen LogP contribution in [0, 0.1) is 15.9 Å². The first-order chi connectivity index (χ1) is 11.9. The maximum atomic E-state index is 12.8. The largest absolute Gasteiger partial charge is 0.494 e. The fraction of sp³-hybridized carbons (Fsp3) is 0.250. The van der Waals surface area contributed by atoms with Gasteiger partial charge < -0.3 is 14.0 Å². The van der Waals surface area contributed by atoms with Crippen molar-refractivity contribution >= 4 is 11.7 Å². The van der Waals surface area contributed by atoms with Gasteiger partial charge in [0.1, 0.15) is 17.1 Å². The second kappa shape index (κ2) is 8.04. The molecular formula is C16H15FN2O6. The van der Waals surface area contributed by atoms with E-state index in [1.54, 1.807) is 0 Å². The molecule has 2 aromatic rings. The number of hydrogen-bond acceptors (Lipinski definition) is 6. The second-order valence-corrected chi connectivity index (χ2v) is 5.02. The summed E-state index contributed by atoms with van der Waals surface area (Å²) in [5.41, 5.74) is -1.48. The molecule has 0 aliphatic heterocycles. The molecular weight excluding hydrogens is 335 g/mol. The van der Waals surface area contributed by atoms with Crippen molar-refractivity contribution in [2.75, 3.05) is 13.7 Å². The standard InChI is InChI=1S/C16H15FN2O6/c1-24-16(21)14-9-12(19(22)23)10-18(15(14)20)7-2-8-25-13-5-3-11(17)4-6-13/h3-6,9-10H,2,7-8H2,1H3. The molecule has 25 heavy (non-hydrogen) atoms. The minimum absolute atomic E-state index is 0.103. The minimum Gasteiger partial charge on any atom is -0.494 e. The summed E-state index contributed by atoms with van der Waals surface area (Å²) in [4.78, 5) is 34.0. The lowest BCUT2D eigenvalue weighted by atomic mass is 10.2. The Labute approximate surface area is 141 Å². The first-order valence-electron chi connectivity index (χ1n) is 7.28. The van der Waals surface area contributed by atoms with Crippen molar-refractivity contribution in [1.82, 2.24) is 4.57 Å². The van der Waals surface area contributed by atoms with Crippen molar-refractivity contribution in [3.8, 4) is 5.75 Å². The van der Waals surface area contributed by atoms with Crippen LogP contribution >= 0.6 is 0 Å². The van der Waals surface area contributed by atoms with Crippen LogP contribution in [0.3, 0.4) is 0 Å². The summed E-state index contributed by atoms with van der Waals surface area (Å²) in [6.07, 6.45) is 1.41. The fourth-order valence-corrected chi connectivity index (χ4v) is 2.10. The van der Waals surface area contributed by atoms with Crippen LogP contribution in [0.1, 0.15) is 16.8 Å². The molecule has 8 nitrogen and oxygen atoms in total. The Balaban J connectivity index is 2.08. The number of rotatable bonds is 7. The molecule has 0 aliphatic rings. The lowest BCUT2D eigenvalue weighted by molar-refractivity contribution is -0.385. The van der Waals surface area contributed by atoms with E-state index in [9.17, 15) is 24.1 Å². The van der Waals surface area contributed by atoms with Crippen LogP contribution in [0.25, 0.3) is 0 Å². The molecule has 1 aromatic carbocycles. The first-order valence-corrected chi connectivity index (χ1v) is 7.28. The number of nitro groups is 1. The molecule has 0 fully saturated rings. The molecule has 1 heterocycles. The number of nitrogens with zero attached hydrogens (tertiary/aromatic N) is 2. The SMILES string of the molecule is COC(=O)c1cc([N+](=O)[O-])cn(CCCOc2ccc(F)cc2)c1=O. The third kappa shape index (κ3) is 4.63. The van der Waals surface area contributed by atoms with Crippen molar-refractivity contribution < 1.29 is 23.6 Å². The van der Waals surface area contributed by atoms with E-state index < -0.39 is 22.0 Å². The van der Waals surface area contributed by atoms with E-state index in [2.05, 4.69) is 4.74 Å². The molecule has 0 atom stereocenters. The third-order valence-electron chi connectivity index (χ3n) is 3.31. The van der Waals surface area contributed by atoms with Gasteiger partial charge in [-0.15, -0.1) is 0 Å². The monoisotopic (exact) mass is 350 g/mol. The highest BCUT2D eigenvalue weighted by Gasteiger charge is 2.19. The number of ether oxygens (including phenoxy) is 2. The summed E-state index contributed by atoms with van der Waals surface area (Å²) in [6.45, 7) is 0.306. The predicted octanol–water partition coefficient (Wildman–Crippen LogP) is 2.15. The van der Waals surface area contributed by atoms with Crippen molar-refractivity contribution in [3.05, 3.63) is 68.4 Å². The average Bonchev–Trinajstić information content (AvgIpc) is 2.60. The van der Waals surface area contributed by atoms with Crippen LogP contribution in [0.15, 0.2) is 41.3 Å². The van der Waals surface area contributed by atoms with Gasteiger partial charge in [0.15, 0.2) is 0 Å². The van der Waals surface area contributed by atoms with Gasteiger partial charge in [-0.2, -0.15) is 0 Å². The molecule has 9 heteroatoms. The number of halogens is 1. The van der Waals surface area contributed by atoms with E-state index >= 15 is 0 Å². The summed E-state index contributed by atoms with van der Waals surface area (Å²) >= 11 is 0. The first kappa shape index (κ1) is 18.1. The summed E-state index contributed by atoms with van der Waals surface area (Å²) in [6, 6.07) is 6.32. The second-order valence-electron chi connectivity index (χ2n) is 5.02. The molecule has 1 aromatic heterocycles. The summed E-state index contributed by atoms with van der Waals surface area (Å²) in [5.74, 6) is -0.862. The van der Waals surface area contributed by atoms with Gasteiger partial charge >= 0.3 is 5.97 Å². The number of aromatic nitrogens is 1. The fourth-order valence-electron chi connectivity index (χ4n) is 2.10. The molecule has 0 spiro atoms. The van der Waals surface area contributed by atoms with E-state index in [-0.39, 0.29) is 24.7 Å². The number of pyridine rings is 1. The maximum absolute atomic E-state index is 12.8. The Kier molecular flexibility index (Phi) is 5.83. The maximum Gasteiger partial charge on any atom is 0.343 e. The van der Waals surface area contributed by atoms with E-state index in [0.29, 0.717) is 12.2 Å². The highest BCUT2D eigenvalue weighted by Crippen LogP contribution is 2.13. The summed E-state index contributed by atoms with van der Waals surface area (Å²) in [5, 5.41) is 11.0. The van der Waals surface area contributed by atoms with Gasteiger partial charge in [-0.1, -0.05) is 0 Å². The molecule has 0 N–H and O–H groups in total. The number of benzene rings is 1. The van der Waals surface area contributed by atoms with Crippen LogP contribution < -0.4 is 10.3 Å². The number of hydrogen-bond donors (Lipinski definition) is 0. The Morgan fingerprint density at radius 3 is 2.60 bits per heavy atom. The van der Waals surface area contributed by atoms with Gasteiger partial charge in [-0.3, -0.25) is 14.9 Å². The van der Waals surface area contributed by atoms with Gasteiger partial charge in [0.25, 0.3) is 11.2 Å². The third-order valence-corrected chi connectivity index (χ3v) is 3.31. The molecule has 0 unspecified atom stereocenters. The average molecular weight is 350 g/mol. The van der Waals surface area contributed by atoms with Crippen LogP contribution in [0.2, 0.25) is 0 Å². The smallest absolute Gasteiger partial charge is 0.343 e. The zero-order valence-electron chi connectivity index (χ0n) is 13.3. The molecule has 0 aliphatic carbocycles. The number of carbonyl (C=O) groups is 1. The lowest BCUT2D eigenvalue weighted by Crippen LogP contribution is -2.27. The Morgan fingerprint density at radius 2 is 2.00 bits per heavy atom. The molecule has 0 radical (unpaired) electrons. The van der Waals surface area contributed by atoms with Gasteiger partial charge in [0, 0.05) is 12.6 Å². The Hall–Kier alpha value is -3.23. The molecule has 132 valence electrons. The number of esters is 1. The summed E-state index contributed by atoms with van der Waals surface area (Å²) in [7, 11) is 1.08. The zero-order valence-corrected chi connectivity index (χ0v) is 13.3.